The lowest BCUT2D eigenvalue weighted by Crippen LogP contribution is -2.26. The van der Waals surface area contributed by atoms with Crippen molar-refractivity contribution < 1.29 is 4.57 Å². The first kappa shape index (κ1) is 29.1. The highest BCUT2D eigenvalue weighted by molar-refractivity contribution is 6.13. The summed E-state index contributed by atoms with van der Waals surface area (Å²) >= 11 is 0. The maximum Gasteiger partial charge on any atom is 0.295 e. The summed E-state index contributed by atoms with van der Waals surface area (Å²) in [5.74, 6) is 0. The molecule has 0 atom stereocenters. The summed E-state index contributed by atoms with van der Waals surface area (Å²) in [6.45, 7) is 21.2. The van der Waals surface area contributed by atoms with E-state index in [2.05, 4.69) is 118 Å². The van der Waals surface area contributed by atoms with Gasteiger partial charge in [0.15, 0.2) is 5.69 Å². The van der Waals surface area contributed by atoms with Crippen LogP contribution in [0.25, 0.3) is 38.6 Å². The van der Waals surface area contributed by atoms with E-state index in [4.69, 9.17) is 0 Å². The smallest absolute Gasteiger partial charge is 0.232 e. The van der Waals surface area contributed by atoms with Gasteiger partial charge in [-0.05, 0) is 56.5 Å². The number of unbranched alkanes of at least 4 members (excludes halogenated alkanes) is 1. The first-order valence-corrected chi connectivity index (χ1v) is 13.8. The fourth-order valence-corrected chi connectivity index (χ4v) is 4.75. The number of imidazole rings is 1. The Morgan fingerprint density at radius 1 is 0.694 bits per heavy atom. The van der Waals surface area contributed by atoms with Gasteiger partial charge in [0.1, 0.15) is 11.7 Å². The second-order valence-electron chi connectivity index (χ2n) is 9.07. The van der Waals surface area contributed by atoms with Crippen LogP contribution in [0.3, 0.4) is 0 Å². The molecule has 2 aromatic heterocycles. The van der Waals surface area contributed by atoms with Crippen LogP contribution in [0.4, 0.5) is 0 Å². The van der Waals surface area contributed by atoms with E-state index in [9.17, 15) is 0 Å². The maximum absolute atomic E-state index is 2.46. The van der Waals surface area contributed by atoms with Crippen LogP contribution in [-0.4, -0.2) is 4.40 Å². The van der Waals surface area contributed by atoms with Gasteiger partial charge in [-0.15, -0.1) is 0 Å². The number of hydrogen-bond donors (Lipinski definition) is 0. The topological polar surface area (TPSA) is 8.29 Å². The van der Waals surface area contributed by atoms with Crippen molar-refractivity contribution >= 4 is 27.3 Å². The second-order valence-corrected chi connectivity index (χ2v) is 9.07. The van der Waals surface area contributed by atoms with Crippen molar-refractivity contribution in [3.8, 4) is 11.3 Å². The highest BCUT2D eigenvalue weighted by atomic mass is 15.1. The molecule has 0 saturated heterocycles. The van der Waals surface area contributed by atoms with Crippen LogP contribution in [0.1, 0.15) is 76.6 Å². The van der Waals surface area contributed by atoms with Crippen LogP contribution in [0, 0.1) is 27.7 Å². The molecule has 0 aliphatic carbocycles. The molecule has 2 nitrogen and oxygen atoms in total. The molecular formula is C34H47N2+. The molecule has 0 N–H and O–H groups in total. The molecule has 0 spiro atoms. The van der Waals surface area contributed by atoms with E-state index in [0.29, 0.717) is 0 Å². The van der Waals surface area contributed by atoms with Crippen molar-refractivity contribution in [1.82, 2.24) is 4.40 Å². The Hall–Kier alpha value is -3.13. The molecule has 2 heterocycles. The number of pyridine rings is 1. The van der Waals surface area contributed by atoms with Gasteiger partial charge in [0.25, 0.3) is 5.65 Å². The number of benzene rings is 3. The lowest BCUT2D eigenvalue weighted by atomic mass is 9.99. The lowest BCUT2D eigenvalue weighted by Gasteiger charge is -2.10. The Bertz CT molecular complexity index is 1410. The summed E-state index contributed by atoms with van der Waals surface area (Å²) < 4.78 is 4.75. The third-order valence-electron chi connectivity index (χ3n) is 6.52. The van der Waals surface area contributed by atoms with Crippen LogP contribution in [-0.2, 0) is 7.05 Å². The van der Waals surface area contributed by atoms with Gasteiger partial charge in [-0.3, -0.25) is 0 Å². The van der Waals surface area contributed by atoms with Gasteiger partial charge < -0.3 is 0 Å². The molecule has 0 aliphatic rings. The van der Waals surface area contributed by atoms with E-state index in [1.165, 1.54) is 73.7 Å². The van der Waals surface area contributed by atoms with Gasteiger partial charge in [0.2, 0.25) is 0 Å². The molecule has 0 amide bonds. The third kappa shape index (κ3) is 5.48. The average molecular weight is 484 g/mol. The van der Waals surface area contributed by atoms with E-state index in [-0.39, 0.29) is 0 Å². The minimum Gasteiger partial charge on any atom is -0.232 e. The highest BCUT2D eigenvalue weighted by Crippen LogP contribution is 2.35. The largest absolute Gasteiger partial charge is 0.295 e. The van der Waals surface area contributed by atoms with Crippen molar-refractivity contribution in [2.24, 2.45) is 7.05 Å². The van der Waals surface area contributed by atoms with Crippen LogP contribution >= 0.6 is 0 Å². The number of hydrogen-bond acceptors (Lipinski definition) is 0. The lowest BCUT2D eigenvalue weighted by molar-refractivity contribution is -0.643. The van der Waals surface area contributed by atoms with Gasteiger partial charge in [0, 0.05) is 16.3 Å². The van der Waals surface area contributed by atoms with Crippen LogP contribution in [0.15, 0.2) is 60.8 Å². The molecule has 3 aromatic carbocycles. The van der Waals surface area contributed by atoms with Gasteiger partial charge in [-0.25, -0.2) is 4.57 Å². The molecule has 5 rings (SSSR count). The Morgan fingerprint density at radius 3 is 1.83 bits per heavy atom. The summed E-state index contributed by atoms with van der Waals surface area (Å²) in [5.41, 5.74) is 10.3. The number of nitrogens with zero attached hydrogens (tertiary/aromatic N) is 2. The molecular weight excluding hydrogens is 436 g/mol. The zero-order valence-corrected chi connectivity index (χ0v) is 24.6. The van der Waals surface area contributed by atoms with Crippen molar-refractivity contribution in [3.63, 3.8) is 0 Å². The van der Waals surface area contributed by atoms with Crippen molar-refractivity contribution in [2.45, 2.75) is 82.1 Å². The van der Waals surface area contributed by atoms with Crippen molar-refractivity contribution in [2.75, 3.05) is 0 Å². The van der Waals surface area contributed by atoms with E-state index in [1.54, 1.807) is 0 Å². The first-order chi connectivity index (χ1) is 17.4. The number of rotatable bonds is 2. The number of aromatic nitrogens is 2. The monoisotopic (exact) mass is 483 g/mol. The molecule has 192 valence electrons. The standard InChI is InChI=1S/C26H25N2.C4H10.2C2H6/c1-16-12-13-22-21(14-16)20-11-7-10-19(4)25(20)26-27(5)15-23(28(22)26)24-17(2)8-6-9-18(24)3;1-3-4-2;2*1-2/h6-15H,1-5H3;3-4H2,1-2H3;2*1-2H3/q+1;;;. The van der Waals surface area contributed by atoms with E-state index in [1.807, 2.05) is 27.7 Å². The molecule has 0 saturated carbocycles. The first-order valence-electron chi connectivity index (χ1n) is 13.8. The molecule has 0 radical (unpaired) electrons. The van der Waals surface area contributed by atoms with Gasteiger partial charge in [-0.2, -0.15) is 4.40 Å². The van der Waals surface area contributed by atoms with E-state index in [0.717, 1.165) is 0 Å². The summed E-state index contributed by atoms with van der Waals surface area (Å²) in [5, 5.41) is 3.98. The molecule has 5 aromatic rings. The SMILES string of the molecule is CC.CC.CCCC.Cc1ccc2c(c1)c1cccc(C)c1c1n2c(-c2c(C)cccc2C)c[n+]1C. The summed E-state index contributed by atoms with van der Waals surface area (Å²) in [7, 11) is 2.17. The van der Waals surface area contributed by atoms with Gasteiger partial charge in [-0.1, -0.05) is 102 Å². The predicted octanol–water partition coefficient (Wildman–Crippen LogP) is 9.83. The Kier molecular flexibility index (Phi) is 10.7. The third-order valence-corrected chi connectivity index (χ3v) is 6.52. The normalized spacial score (nSPS) is 10.3. The average Bonchev–Trinajstić information content (AvgIpc) is 3.23. The zero-order chi connectivity index (χ0) is 27.0. The quantitative estimate of drug-likeness (QED) is 0.174. The van der Waals surface area contributed by atoms with Crippen LogP contribution in [0.5, 0.6) is 0 Å². The summed E-state index contributed by atoms with van der Waals surface area (Å²) in [4.78, 5) is 0. The molecule has 2 heteroatoms. The van der Waals surface area contributed by atoms with Crippen molar-refractivity contribution in [3.05, 3.63) is 83.0 Å². The Morgan fingerprint density at radius 2 is 1.25 bits per heavy atom. The maximum atomic E-state index is 2.46. The van der Waals surface area contributed by atoms with Crippen molar-refractivity contribution in [1.29, 1.82) is 0 Å². The second kappa shape index (κ2) is 13.3. The summed E-state index contributed by atoms with van der Waals surface area (Å²) in [6.07, 6.45) is 4.93. The van der Waals surface area contributed by atoms with Crippen LogP contribution in [0.2, 0.25) is 0 Å². The van der Waals surface area contributed by atoms with Gasteiger partial charge >= 0.3 is 0 Å². The minimum absolute atomic E-state index is 1.25. The number of aryl methyl sites for hydroxylation is 5. The predicted molar refractivity (Wildman–Crippen MR) is 161 cm³/mol. The molecule has 0 fully saturated rings. The number of fused-ring (bicyclic) bond motifs is 6. The molecule has 0 bridgehead atoms. The van der Waals surface area contributed by atoms with Gasteiger partial charge in [0.05, 0.1) is 12.4 Å². The zero-order valence-electron chi connectivity index (χ0n) is 24.6. The van der Waals surface area contributed by atoms with E-state index < -0.39 is 0 Å². The highest BCUT2D eigenvalue weighted by Gasteiger charge is 2.25. The molecule has 0 unspecified atom stereocenters. The minimum atomic E-state index is 1.25. The Labute approximate surface area is 219 Å². The molecule has 0 aliphatic heterocycles. The van der Waals surface area contributed by atoms with Crippen LogP contribution < -0.4 is 4.57 Å². The Balaban J connectivity index is 0.000000512. The fraction of sp³-hybridized carbons (Fsp3) is 0.382. The summed E-state index contributed by atoms with van der Waals surface area (Å²) in [6, 6.07) is 20.0. The fourth-order valence-electron chi connectivity index (χ4n) is 4.75. The molecule has 36 heavy (non-hydrogen) atoms. The van der Waals surface area contributed by atoms with E-state index >= 15 is 0 Å².